The summed E-state index contributed by atoms with van der Waals surface area (Å²) in [7, 11) is 0. The SMILES string of the molecule is CC(C(=O)N(Cc1cccnc1)C(C)C)C(N)c1ccccc1.Cl. The summed E-state index contributed by atoms with van der Waals surface area (Å²) >= 11 is 0. The standard InChI is InChI=1S/C19H25N3O.ClH/c1-14(2)22(13-16-8-7-11-21-12-16)19(23)15(3)18(20)17-9-5-4-6-10-17;/h4-12,14-15,18H,13,20H2,1-3H3;1H. The molecule has 2 aromatic rings. The van der Waals surface area contributed by atoms with Gasteiger partial charge in [0.15, 0.2) is 0 Å². The molecule has 0 aliphatic heterocycles. The molecule has 5 heteroatoms. The lowest BCUT2D eigenvalue weighted by atomic mass is 9.93. The van der Waals surface area contributed by atoms with Crippen molar-refractivity contribution in [3.05, 3.63) is 66.0 Å². The number of amides is 1. The highest BCUT2D eigenvalue weighted by Gasteiger charge is 2.28. The zero-order valence-electron chi connectivity index (χ0n) is 14.4. The first-order valence-electron chi connectivity index (χ1n) is 8.00. The van der Waals surface area contributed by atoms with Crippen LogP contribution in [0.2, 0.25) is 0 Å². The minimum absolute atomic E-state index is 0. The molecule has 130 valence electrons. The van der Waals surface area contributed by atoms with Gasteiger partial charge in [-0.1, -0.05) is 43.3 Å². The maximum atomic E-state index is 12.9. The van der Waals surface area contributed by atoms with Gasteiger partial charge >= 0.3 is 0 Å². The summed E-state index contributed by atoms with van der Waals surface area (Å²) in [4.78, 5) is 18.9. The van der Waals surface area contributed by atoms with Crippen LogP contribution in [0.5, 0.6) is 0 Å². The van der Waals surface area contributed by atoms with Crippen LogP contribution < -0.4 is 5.73 Å². The Balaban J connectivity index is 0.00000288. The molecule has 0 saturated carbocycles. The van der Waals surface area contributed by atoms with Crippen molar-refractivity contribution in [3.63, 3.8) is 0 Å². The van der Waals surface area contributed by atoms with Crippen molar-refractivity contribution in [1.82, 2.24) is 9.88 Å². The number of carbonyl (C=O) groups excluding carboxylic acids is 1. The van der Waals surface area contributed by atoms with E-state index in [1.165, 1.54) is 0 Å². The first-order valence-corrected chi connectivity index (χ1v) is 8.00. The molecule has 2 unspecified atom stereocenters. The Morgan fingerprint density at radius 3 is 2.33 bits per heavy atom. The number of aromatic nitrogens is 1. The second-order valence-corrected chi connectivity index (χ2v) is 6.15. The van der Waals surface area contributed by atoms with Crippen molar-refractivity contribution in [2.24, 2.45) is 11.7 Å². The molecule has 1 amide bonds. The minimum Gasteiger partial charge on any atom is -0.336 e. The van der Waals surface area contributed by atoms with Crippen molar-refractivity contribution in [2.45, 2.75) is 39.4 Å². The van der Waals surface area contributed by atoms with Gasteiger partial charge < -0.3 is 10.6 Å². The summed E-state index contributed by atoms with van der Waals surface area (Å²) in [5.74, 6) is -0.211. The molecule has 2 atom stereocenters. The van der Waals surface area contributed by atoms with Gasteiger partial charge in [-0.05, 0) is 31.0 Å². The Morgan fingerprint density at radius 2 is 1.79 bits per heavy atom. The zero-order chi connectivity index (χ0) is 16.8. The Hall–Kier alpha value is -1.91. The lowest BCUT2D eigenvalue weighted by Crippen LogP contribution is -2.42. The maximum Gasteiger partial charge on any atom is 0.227 e. The normalized spacial score (nSPS) is 13.0. The molecule has 0 aliphatic carbocycles. The Labute approximate surface area is 150 Å². The van der Waals surface area contributed by atoms with E-state index in [9.17, 15) is 4.79 Å². The van der Waals surface area contributed by atoms with E-state index < -0.39 is 0 Å². The van der Waals surface area contributed by atoms with Crippen LogP contribution in [0.1, 0.15) is 37.9 Å². The Morgan fingerprint density at radius 1 is 1.12 bits per heavy atom. The highest BCUT2D eigenvalue weighted by molar-refractivity contribution is 5.85. The zero-order valence-corrected chi connectivity index (χ0v) is 15.2. The maximum absolute atomic E-state index is 12.9. The molecule has 2 N–H and O–H groups in total. The number of hydrogen-bond acceptors (Lipinski definition) is 3. The first-order chi connectivity index (χ1) is 11.0. The van der Waals surface area contributed by atoms with Crippen molar-refractivity contribution in [2.75, 3.05) is 0 Å². The van der Waals surface area contributed by atoms with E-state index in [1.807, 2.05) is 68.1 Å². The van der Waals surface area contributed by atoms with Gasteiger partial charge in [0.2, 0.25) is 5.91 Å². The summed E-state index contributed by atoms with van der Waals surface area (Å²) < 4.78 is 0. The second kappa shape index (κ2) is 9.40. The summed E-state index contributed by atoms with van der Waals surface area (Å²) in [6, 6.07) is 13.4. The molecular weight excluding hydrogens is 322 g/mol. The topological polar surface area (TPSA) is 59.2 Å². The number of halogens is 1. The molecule has 2 rings (SSSR count). The van der Waals surface area contributed by atoms with Crippen LogP contribution in [-0.2, 0) is 11.3 Å². The van der Waals surface area contributed by atoms with E-state index in [1.54, 1.807) is 12.4 Å². The van der Waals surface area contributed by atoms with Gasteiger partial charge in [0.25, 0.3) is 0 Å². The summed E-state index contributed by atoms with van der Waals surface area (Å²) in [6.07, 6.45) is 3.53. The lowest BCUT2D eigenvalue weighted by molar-refractivity contribution is -0.138. The summed E-state index contributed by atoms with van der Waals surface area (Å²) in [5.41, 5.74) is 8.32. The number of benzene rings is 1. The fraction of sp³-hybridized carbons (Fsp3) is 0.368. The number of rotatable bonds is 6. The van der Waals surface area contributed by atoms with E-state index in [2.05, 4.69) is 4.98 Å². The molecule has 1 heterocycles. The Kier molecular flexibility index (Phi) is 7.89. The van der Waals surface area contributed by atoms with Crippen LogP contribution in [0.25, 0.3) is 0 Å². The number of pyridine rings is 1. The molecule has 1 aromatic carbocycles. The summed E-state index contributed by atoms with van der Waals surface area (Å²) in [6.45, 7) is 6.50. The molecular formula is C19H26ClN3O. The minimum atomic E-state index is -0.307. The first kappa shape index (κ1) is 20.1. The molecule has 0 saturated heterocycles. The van der Waals surface area contributed by atoms with Crippen LogP contribution in [-0.4, -0.2) is 21.8 Å². The van der Waals surface area contributed by atoms with Crippen LogP contribution in [0.3, 0.4) is 0 Å². The van der Waals surface area contributed by atoms with Gasteiger partial charge in [-0.2, -0.15) is 0 Å². The van der Waals surface area contributed by atoms with Gasteiger partial charge in [-0.25, -0.2) is 0 Å². The largest absolute Gasteiger partial charge is 0.336 e. The molecule has 0 bridgehead atoms. The van der Waals surface area contributed by atoms with Gasteiger partial charge in [0.1, 0.15) is 0 Å². The van der Waals surface area contributed by atoms with Gasteiger partial charge in [-0.15, -0.1) is 12.4 Å². The van der Waals surface area contributed by atoms with E-state index in [4.69, 9.17) is 5.73 Å². The molecule has 0 spiro atoms. The van der Waals surface area contributed by atoms with Crippen LogP contribution in [0.15, 0.2) is 54.9 Å². The average Bonchev–Trinajstić information content (AvgIpc) is 2.59. The lowest BCUT2D eigenvalue weighted by Gasteiger charge is -2.31. The average molecular weight is 348 g/mol. The van der Waals surface area contributed by atoms with Gasteiger partial charge in [0.05, 0.1) is 5.92 Å². The quantitative estimate of drug-likeness (QED) is 0.868. The highest BCUT2D eigenvalue weighted by Crippen LogP contribution is 2.23. The smallest absolute Gasteiger partial charge is 0.227 e. The van der Waals surface area contributed by atoms with Crippen LogP contribution in [0.4, 0.5) is 0 Å². The van der Waals surface area contributed by atoms with Crippen molar-refractivity contribution in [1.29, 1.82) is 0 Å². The molecule has 0 radical (unpaired) electrons. The van der Waals surface area contributed by atoms with E-state index in [-0.39, 0.29) is 36.3 Å². The van der Waals surface area contributed by atoms with Crippen LogP contribution in [0, 0.1) is 5.92 Å². The molecule has 0 fully saturated rings. The number of nitrogens with zero attached hydrogens (tertiary/aromatic N) is 2. The second-order valence-electron chi connectivity index (χ2n) is 6.15. The molecule has 1 aromatic heterocycles. The van der Waals surface area contributed by atoms with E-state index in [0.717, 1.165) is 11.1 Å². The monoisotopic (exact) mass is 347 g/mol. The number of hydrogen-bond donors (Lipinski definition) is 1. The van der Waals surface area contributed by atoms with Crippen molar-refractivity contribution >= 4 is 18.3 Å². The third kappa shape index (κ3) is 5.05. The molecule has 0 aliphatic rings. The number of carbonyl (C=O) groups is 1. The van der Waals surface area contributed by atoms with Crippen molar-refractivity contribution < 1.29 is 4.79 Å². The van der Waals surface area contributed by atoms with Crippen molar-refractivity contribution in [3.8, 4) is 0 Å². The number of nitrogens with two attached hydrogens (primary N) is 1. The molecule has 24 heavy (non-hydrogen) atoms. The predicted molar refractivity (Wildman–Crippen MR) is 99.7 cm³/mol. The Bertz CT molecular complexity index is 619. The highest BCUT2D eigenvalue weighted by atomic mass is 35.5. The van der Waals surface area contributed by atoms with Gasteiger partial charge in [-0.3, -0.25) is 9.78 Å². The van der Waals surface area contributed by atoms with Crippen LogP contribution >= 0.6 is 12.4 Å². The third-order valence-electron chi connectivity index (χ3n) is 4.09. The molecule has 4 nitrogen and oxygen atoms in total. The predicted octanol–water partition coefficient (Wildman–Crippen LogP) is 3.58. The fourth-order valence-electron chi connectivity index (χ4n) is 2.58. The van der Waals surface area contributed by atoms with E-state index in [0.29, 0.717) is 6.54 Å². The van der Waals surface area contributed by atoms with Gasteiger partial charge in [0, 0.05) is 31.0 Å². The third-order valence-corrected chi connectivity index (χ3v) is 4.09. The van der Waals surface area contributed by atoms with E-state index >= 15 is 0 Å². The summed E-state index contributed by atoms with van der Waals surface area (Å²) in [5, 5.41) is 0. The fourth-order valence-corrected chi connectivity index (χ4v) is 2.58.